The zero-order valence-electron chi connectivity index (χ0n) is 9.77. The lowest BCUT2D eigenvalue weighted by Gasteiger charge is -2.04. The van der Waals surface area contributed by atoms with Crippen molar-refractivity contribution in [2.24, 2.45) is 0 Å². The molecule has 2 heterocycles. The maximum Gasteiger partial charge on any atom is 0.377 e. The van der Waals surface area contributed by atoms with Crippen molar-refractivity contribution in [3.63, 3.8) is 0 Å². The van der Waals surface area contributed by atoms with E-state index in [0.29, 0.717) is 0 Å². The monoisotopic (exact) mass is 263 g/mol. The first kappa shape index (κ1) is 12.5. The van der Waals surface area contributed by atoms with Crippen LogP contribution in [0.4, 0.5) is 5.69 Å². The molecule has 0 saturated heterocycles. The highest BCUT2D eigenvalue weighted by Gasteiger charge is 2.15. The highest BCUT2D eigenvalue weighted by molar-refractivity contribution is 5.86. The van der Waals surface area contributed by atoms with E-state index in [9.17, 15) is 9.59 Å². The summed E-state index contributed by atoms with van der Waals surface area (Å²) in [7, 11) is 1.20. The molecule has 98 valence electrons. The number of aromatic carboxylic acids is 1. The molecule has 0 aromatic carbocycles. The van der Waals surface area contributed by atoms with Gasteiger partial charge in [-0.2, -0.15) is 4.68 Å². The average molecular weight is 263 g/mol. The predicted octanol–water partition coefficient (Wildman–Crippen LogP) is -0.271. The Morgan fingerprint density at radius 3 is 2.79 bits per heavy atom. The number of carbonyl (C=O) groups is 2. The summed E-state index contributed by atoms with van der Waals surface area (Å²) in [4.78, 5) is 29.6. The Labute approximate surface area is 106 Å². The molecule has 0 radical (unpaired) electrons. The minimum absolute atomic E-state index is 0.0718. The number of carboxylic acids is 1. The van der Waals surface area contributed by atoms with Gasteiger partial charge >= 0.3 is 11.9 Å². The average Bonchev–Trinajstić information content (AvgIpc) is 2.87. The van der Waals surface area contributed by atoms with Crippen LogP contribution in [0.2, 0.25) is 0 Å². The summed E-state index contributed by atoms with van der Waals surface area (Å²) in [5.41, 5.74) is 5.68. The van der Waals surface area contributed by atoms with Gasteiger partial charge in [0.05, 0.1) is 12.8 Å². The van der Waals surface area contributed by atoms with Crippen LogP contribution in [-0.4, -0.2) is 43.9 Å². The molecule has 9 heteroatoms. The number of ether oxygens (including phenoxy) is 1. The summed E-state index contributed by atoms with van der Waals surface area (Å²) in [5.74, 6) is -2.02. The summed E-state index contributed by atoms with van der Waals surface area (Å²) in [6.07, 6.45) is 1.19. The number of hydrogen-bond acceptors (Lipinski definition) is 7. The van der Waals surface area contributed by atoms with Crippen LogP contribution < -0.4 is 5.73 Å². The summed E-state index contributed by atoms with van der Waals surface area (Å²) in [6.45, 7) is 0. The molecule has 0 spiro atoms. The van der Waals surface area contributed by atoms with E-state index < -0.39 is 11.9 Å². The standard InChI is InChI=1S/C10H9N5O4/c1-19-10(18)7-12-4-15(14-7)8-5(11)2-3-6(13-8)9(16)17/h2-4H,11H2,1H3,(H,16,17). The molecule has 0 aliphatic rings. The fraction of sp³-hybridized carbons (Fsp3) is 0.100. The van der Waals surface area contributed by atoms with Crippen molar-refractivity contribution in [1.82, 2.24) is 19.7 Å². The molecule has 9 nitrogen and oxygen atoms in total. The molecule has 0 aliphatic heterocycles. The van der Waals surface area contributed by atoms with Crippen molar-refractivity contribution < 1.29 is 19.4 Å². The quantitative estimate of drug-likeness (QED) is 0.723. The second-order valence-electron chi connectivity index (χ2n) is 3.42. The molecule has 0 atom stereocenters. The van der Waals surface area contributed by atoms with E-state index in [1.807, 2.05) is 0 Å². The number of nitrogen functional groups attached to an aromatic ring is 1. The second-order valence-corrected chi connectivity index (χ2v) is 3.42. The third-order valence-electron chi connectivity index (χ3n) is 2.20. The molecular formula is C10H9N5O4. The van der Waals surface area contributed by atoms with Gasteiger partial charge < -0.3 is 15.6 Å². The number of nitrogens with zero attached hydrogens (tertiary/aromatic N) is 4. The van der Waals surface area contributed by atoms with Crippen LogP contribution in [0.1, 0.15) is 21.1 Å². The highest BCUT2D eigenvalue weighted by atomic mass is 16.5. The lowest BCUT2D eigenvalue weighted by atomic mass is 10.3. The normalized spacial score (nSPS) is 10.2. The lowest BCUT2D eigenvalue weighted by molar-refractivity contribution is 0.0586. The van der Waals surface area contributed by atoms with Crippen LogP contribution >= 0.6 is 0 Å². The van der Waals surface area contributed by atoms with Gasteiger partial charge in [0.2, 0.25) is 0 Å². The van der Waals surface area contributed by atoms with Crippen molar-refractivity contribution in [2.75, 3.05) is 12.8 Å². The van der Waals surface area contributed by atoms with Crippen molar-refractivity contribution in [2.45, 2.75) is 0 Å². The Morgan fingerprint density at radius 2 is 2.16 bits per heavy atom. The van der Waals surface area contributed by atoms with Crippen molar-refractivity contribution in [1.29, 1.82) is 0 Å². The van der Waals surface area contributed by atoms with Gasteiger partial charge in [-0.15, -0.1) is 5.10 Å². The van der Waals surface area contributed by atoms with Crippen LogP contribution in [0.15, 0.2) is 18.5 Å². The summed E-state index contributed by atoms with van der Waals surface area (Å²) >= 11 is 0. The Kier molecular flexibility index (Phi) is 3.10. The van der Waals surface area contributed by atoms with Gasteiger partial charge in [0.15, 0.2) is 11.5 Å². The number of rotatable bonds is 3. The van der Waals surface area contributed by atoms with Crippen LogP contribution in [0, 0.1) is 0 Å². The number of carbonyl (C=O) groups excluding carboxylic acids is 1. The molecule has 19 heavy (non-hydrogen) atoms. The zero-order chi connectivity index (χ0) is 14.0. The molecular weight excluding hydrogens is 254 g/mol. The van der Waals surface area contributed by atoms with Crippen LogP contribution in [0.3, 0.4) is 0 Å². The SMILES string of the molecule is COC(=O)c1ncn(-c2nc(C(=O)O)ccc2N)n1. The van der Waals surface area contributed by atoms with Gasteiger partial charge in [-0.3, -0.25) is 0 Å². The Balaban J connectivity index is 2.46. The van der Waals surface area contributed by atoms with Gasteiger partial charge in [0, 0.05) is 0 Å². The van der Waals surface area contributed by atoms with Gasteiger partial charge in [-0.05, 0) is 12.1 Å². The van der Waals surface area contributed by atoms with Gasteiger partial charge in [0.25, 0.3) is 5.82 Å². The number of nitrogens with two attached hydrogens (primary N) is 1. The van der Waals surface area contributed by atoms with Gasteiger partial charge in [0.1, 0.15) is 6.33 Å². The van der Waals surface area contributed by atoms with Gasteiger partial charge in [-0.1, -0.05) is 0 Å². The third-order valence-corrected chi connectivity index (χ3v) is 2.20. The number of carboxylic acid groups (broad SMARTS) is 1. The highest BCUT2D eigenvalue weighted by Crippen LogP contribution is 2.14. The Morgan fingerprint density at radius 1 is 1.42 bits per heavy atom. The van der Waals surface area contributed by atoms with Crippen molar-refractivity contribution in [3.05, 3.63) is 30.0 Å². The Bertz CT molecular complexity index is 651. The fourth-order valence-corrected chi connectivity index (χ4v) is 1.31. The lowest BCUT2D eigenvalue weighted by Crippen LogP contribution is -2.10. The fourth-order valence-electron chi connectivity index (χ4n) is 1.31. The largest absolute Gasteiger partial charge is 0.477 e. The smallest absolute Gasteiger partial charge is 0.377 e. The van der Waals surface area contributed by atoms with E-state index in [1.165, 1.54) is 25.6 Å². The molecule has 2 rings (SSSR count). The van der Waals surface area contributed by atoms with E-state index >= 15 is 0 Å². The van der Waals surface area contributed by atoms with E-state index in [2.05, 4.69) is 19.8 Å². The maximum absolute atomic E-state index is 11.2. The van der Waals surface area contributed by atoms with E-state index in [-0.39, 0.29) is 23.0 Å². The molecule has 0 unspecified atom stereocenters. The van der Waals surface area contributed by atoms with Gasteiger partial charge in [-0.25, -0.2) is 19.6 Å². The number of hydrogen-bond donors (Lipinski definition) is 2. The number of pyridine rings is 1. The minimum atomic E-state index is -1.20. The first-order valence-corrected chi connectivity index (χ1v) is 5.03. The number of anilines is 1. The summed E-state index contributed by atoms with van der Waals surface area (Å²) < 4.78 is 5.56. The number of esters is 1. The summed E-state index contributed by atoms with van der Waals surface area (Å²) in [5, 5.41) is 12.7. The van der Waals surface area contributed by atoms with Crippen LogP contribution in [0.5, 0.6) is 0 Å². The molecule has 2 aromatic rings. The van der Waals surface area contributed by atoms with Crippen molar-refractivity contribution in [3.8, 4) is 5.82 Å². The Hall–Kier alpha value is -2.97. The first-order chi connectivity index (χ1) is 9.02. The van der Waals surface area contributed by atoms with E-state index in [0.717, 1.165) is 4.68 Å². The molecule has 0 aliphatic carbocycles. The van der Waals surface area contributed by atoms with Crippen molar-refractivity contribution >= 4 is 17.6 Å². The van der Waals surface area contributed by atoms with E-state index in [4.69, 9.17) is 10.8 Å². The number of methoxy groups -OCH3 is 1. The first-order valence-electron chi connectivity index (χ1n) is 5.03. The molecule has 3 N–H and O–H groups in total. The second kappa shape index (κ2) is 4.72. The molecule has 0 bridgehead atoms. The zero-order valence-corrected chi connectivity index (χ0v) is 9.77. The number of aromatic nitrogens is 4. The molecule has 0 saturated carbocycles. The van der Waals surface area contributed by atoms with Crippen LogP contribution in [-0.2, 0) is 4.74 Å². The van der Waals surface area contributed by atoms with Crippen LogP contribution in [0.25, 0.3) is 5.82 Å². The predicted molar refractivity (Wildman–Crippen MR) is 61.9 cm³/mol. The molecule has 2 aromatic heterocycles. The van der Waals surface area contributed by atoms with E-state index in [1.54, 1.807) is 0 Å². The maximum atomic E-state index is 11.2. The minimum Gasteiger partial charge on any atom is -0.477 e. The summed E-state index contributed by atoms with van der Waals surface area (Å²) in [6, 6.07) is 2.64. The topological polar surface area (TPSA) is 133 Å². The molecule has 0 amide bonds. The molecule has 0 fully saturated rings. The third kappa shape index (κ3) is 2.34.